The molecule has 152 valence electrons. The molecule has 0 saturated heterocycles. The van der Waals surface area contributed by atoms with Crippen LogP contribution in [0.3, 0.4) is 0 Å². The lowest BCUT2D eigenvalue weighted by Gasteiger charge is -2.22. The SMILES string of the molecule is CS(=O)(=O)N(Cc1ccccc1)c1ccc(C(=O)NCCCn2ccnc2)cc1. The number of nitrogens with one attached hydrogen (secondary N) is 1. The summed E-state index contributed by atoms with van der Waals surface area (Å²) in [6.45, 7) is 1.56. The number of benzene rings is 2. The first kappa shape index (κ1) is 20.6. The molecule has 0 atom stereocenters. The lowest BCUT2D eigenvalue weighted by molar-refractivity contribution is 0.0952. The summed E-state index contributed by atoms with van der Waals surface area (Å²) in [5.74, 6) is -0.184. The molecule has 0 radical (unpaired) electrons. The highest BCUT2D eigenvalue weighted by Crippen LogP contribution is 2.21. The van der Waals surface area contributed by atoms with Gasteiger partial charge in [0.1, 0.15) is 0 Å². The molecule has 0 aliphatic heterocycles. The number of carbonyl (C=O) groups excluding carboxylic acids is 1. The molecule has 0 aliphatic rings. The summed E-state index contributed by atoms with van der Waals surface area (Å²) in [5, 5.41) is 2.88. The second kappa shape index (κ2) is 9.38. The Balaban J connectivity index is 1.61. The normalized spacial score (nSPS) is 11.2. The number of aromatic nitrogens is 2. The number of nitrogens with zero attached hydrogens (tertiary/aromatic N) is 3. The molecule has 0 spiro atoms. The van der Waals surface area contributed by atoms with Gasteiger partial charge in [0, 0.05) is 31.0 Å². The molecule has 0 unspecified atom stereocenters. The minimum atomic E-state index is -3.46. The van der Waals surface area contributed by atoms with Crippen molar-refractivity contribution < 1.29 is 13.2 Å². The van der Waals surface area contributed by atoms with Crippen molar-refractivity contribution in [2.75, 3.05) is 17.1 Å². The summed E-state index contributed by atoms with van der Waals surface area (Å²) in [6, 6.07) is 16.0. The van der Waals surface area contributed by atoms with E-state index in [0.29, 0.717) is 17.8 Å². The van der Waals surface area contributed by atoms with Crippen LogP contribution in [0.25, 0.3) is 0 Å². The maximum Gasteiger partial charge on any atom is 0.251 e. The first-order valence-electron chi connectivity index (χ1n) is 9.29. The van der Waals surface area contributed by atoms with Crippen molar-refractivity contribution in [2.45, 2.75) is 19.5 Å². The van der Waals surface area contributed by atoms with Crippen LogP contribution in [0.1, 0.15) is 22.3 Å². The van der Waals surface area contributed by atoms with Crippen LogP contribution in [0.15, 0.2) is 73.3 Å². The molecule has 0 aliphatic carbocycles. The Morgan fingerprint density at radius 1 is 1.10 bits per heavy atom. The predicted octanol–water partition coefficient (Wildman–Crippen LogP) is 2.67. The Morgan fingerprint density at radius 3 is 2.45 bits per heavy atom. The van der Waals surface area contributed by atoms with Crippen molar-refractivity contribution in [1.82, 2.24) is 14.9 Å². The number of aryl methyl sites for hydroxylation is 1. The van der Waals surface area contributed by atoms with Crippen LogP contribution in [-0.4, -0.2) is 36.7 Å². The van der Waals surface area contributed by atoms with E-state index in [-0.39, 0.29) is 12.5 Å². The van der Waals surface area contributed by atoms with Crippen LogP contribution in [0, 0.1) is 0 Å². The van der Waals surface area contributed by atoms with E-state index >= 15 is 0 Å². The van der Waals surface area contributed by atoms with Gasteiger partial charge < -0.3 is 9.88 Å². The van der Waals surface area contributed by atoms with E-state index in [1.54, 1.807) is 36.8 Å². The van der Waals surface area contributed by atoms with Gasteiger partial charge in [-0.2, -0.15) is 0 Å². The zero-order valence-electron chi connectivity index (χ0n) is 16.2. The molecule has 0 saturated carbocycles. The Labute approximate surface area is 171 Å². The Kier molecular flexibility index (Phi) is 6.66. The van der Waals surface area contributed by atoms with Gasteiger partial charge in [-0.15, -0.1) is 0 Å². The van der Waals surface area contributed by atoms with Crippen LogP contribution in [0.5, 0.6) is 0 Å². The molecule has 3 aromatic rings. The van der Waals surface area contributed by atoms with Crippen molar-refractivity contribution >= 4 is 21.6 Å². The van der Waals surface area contributed by atoms with Crippen molar-refractivity contribution in [3.63, 3.8) is 0 Å². The standard InChI is InChI=1S/C21H24N4O3S/c1-29(27,28)25(16-18-6-3-2-4-7-18)20-10-8-19(9-11-20)21(26)23-12-5-14-24-15-13-22-17-24/h2-4,6-11,13,15,17H,5,12,14,16H2,1H3,(H,23,26). The third kappa shape index (κ3) is 5.92. The number of amides is 1. The molecule has 1 heterocycles. The number of carbonyl (C=O) groups is 1. The fourth-order valence-electron chi connectivity index (χ4n) is 2.91. The van der Waals surface area contributed by atoms with E-state index in [2.05, 4.69) is 10.3 Å². The largest absolute Gasteiger partial charge is 0.352 e. The van der Waals surface area contributed by atoms with Crippen molar-refractivity contribution in [3.05, 3.63) is 84.4 Å². The molecule has 3 rings (SSSR count). The van der Waals surface area contributed by atoms with E-state index in [1.165, 1.54) is 10.6 Å². The van der Waals surface area contributed by atoms with Gasteiger partial charge in [-0.3, -0.25) is 9.10 Å². The summed E-state index contributed by atoms with van der Waals surface area (Å²) in [4.78, 5) is 16.3. The summed E-state index contributed by atoms with van der Waals surface area (Å²) in [7, 11) is -3.46. The number of hydrogen-bond acceptors (Lipinski definition) is 4. The van der Waals surface area contributed by atoms with Gasteiger partial charge in [-0.25, -0.2) is 13.4 Å². The molecule has 0 fully saturated rings. The van der Waals surface area contributed by atoms with E-state index < -0.39 is 10.0 Å². The third-order valence-electron chi connectivity index (χ3n) is 4.42. The van der Waals surface area contributed by atoms with Gasteiger partial charge in [0.05, 0.1) is 24.8 Å². The lowest BCUT2D eigenvalue weighted by Crippen LogP contribution is -2.29. The second-order valence-corrected chi connectivity index (χ2v) is 8.62. The van der Waals surface area contributed by atoms with Crippen LogP contribution in [0.2, 0.25) is 0 Å². The average molecular weight is 413 g/mol. The number of anilines is 1. The maximum absolute atomic E-state index is 12.3. The topological polar surface area (TPSA) is 84.3 Å². The minimum Gasteiger partial charge on any atom is -0.352 e. The zero-order valence-corrected chi connectivity index (χ0v) is 17.0. The van der Waals surface area contributed by atoms with E-state index in [1.807, 2.05) is 41.1 Å². The lowest BCUT2D eigenvalue weighted by atomic mass is 10.1. The zero-order chi connectivity index (χ0) is 20.7. The highest BCUT2D eigenvalue weighted by atomic mass is 32.2. The Hall–Kier alpha value is -3.13. The van der Waals surface area contributed by atoms with E-state index in [0.717, 1.165) is 18.5 Å². The van der Waals surface area contributed by atoms with Gasteiger partial charge >= 0.3 is 0 Å². The maximum atomic E-state index is 12.3. The van der Waals surface area contributed by atoms with Crippen LogP contribution < -0.4 is 9.62 Å². The van der Waals surface area contributed by atoms with Gasteiger partial charge in [0.2, 0.25) is 10.0 Å². The van der Waals surface area contributed by atoms with E-state index in [9.17, 15) is 13.2 Å². The number of imidazole rings is 1. The van der Waals surface area contributed by atoms with Gasteiger partial charge in [-0.1, -0.05) is 30.3 Å². The molecule has 7 nitrogen and oxygen atoms in total. The molecule has 1 aromatic heterocycles. The summed E-state index contributed by atoms with van der Waals surface area (Å²) in [5.41, 5.74) is 1.90. The molecular weight excluding hydrogens is 388 g/mol. The quantitative estimate of drug-likeness (QED) is 0.548. The summed E-state index contributed by atoms with van der Waals surface area (Å²) in [6.07, 6.45) is 7.31. The molecule has 29 heavy (non-hydrogen) atoms. The smallest absolute Gasteiger partial charge is 0.251 e. The monoisotopic (exact) mass is 412 g/mol. The predicted molar refractivity (Wildman–Crippen MR) is 113 cm³/mol. The number of rotatable bonds is 9. The van der Waals surface area contributed by atoms with Crippen molar-refractivity contribution in [2.24, 2.45) is 0 Å². The molecule has 8 heteroatoms. The van der Waals surface area contributed by atoms with Gasteiger partial charge in [0.15, 0.2) is 0 Å². The molecular formula is C21H24N4O3S. The third-order valence-corrected chi connectivity index (χ3v) is 5.57. The van der Waals surface area contributed by atoms with Gasteiger partial charge in [-0.05, 0) is 36.2 Å². The Morgan fingerprint density at radius 2 is 1.83 bits per heavy atom. The summed E-state index contributed by atoms with van der Waals surface area (Å²) < 4.78 is 27.8. The van der Waals surface area contributed by atoms with Crippen molar-refractivity contribution in [1.29, 1.82) is 0 Å². The molecule has 1 amide bonds. The fraction of sp³-hybridized carbons (Fsp3) is 0.238. The molecule has 0 bridgehead atoms. The van der Waals surface area contributed by atoms with Crippen LogP contribution in [-0.2, 0) is 23.1 Å². The Bertz CT molecular complexity index is 1020. The molecule has 1 N–H and O–H groups in total. The second-order valence-electron chi connectivity index (χ2n) is 6.71. The highest BCUT2D eigenvalue weighted by Gasteiger charge is 2.18. The average Bonchev–Trinajstić information content (AvgIpc) is 3.23. The highest BCUT2D eigenvalue weighted by molar-refractivity contribution is 7.92. The number of hydrogen-bond donors (Lipinski definition) is 1. The van der Waals surface area contributed by atoms with Crippen molar-refractivity contribution in [3.8, 4) is 0 Å². The van der Waals surface area contributed by atoms with Crippen LogP contribution >= 0.6 is 0 Å². The summed E-state index contributed by atoms with van der Waals surface area (Å²) >= 11 is 0. The molecule has 2 aromatic carbocycles. The first-order valence-corrected chi connectivity index (χ1v) is 11.1. The fourth-order valence-corrected chi connectivity index (χ4v) is 3.80. The number of sulfonamides is 1. The van der Waals surface area contributed by atoms with Crippen LogP contribution in [0.4, 0.5) is 5.69 Å². The first-order chi connectivity index (χ1) is 13.9. The minimum absolute atomic E-state index is 0.184. The van der Waals surface area contributed by atoms with E-state index in [4.69, 9.17) is 0 Å². The van der Waals surface area contributed by atoms with Gasteiger partial charge in [0.25, 0.3) is 5.91 Å².